The van der Waals surface area contributed by atoms with E-state index in [9.17, 15) is 21.6 Å². The summed E-state index contributed by atoms with van der Waals surface area (Å²) in [5.41, 5.74) is 1.18. The van der Waals surface area contributed by atoms with Crippen LogP contribution in [0.3, 0.4) is 0 Å². The highest BCUT2D eigenvalue weighted by molar-refractivity contribution is 7.92. The quantitative estimate of drug-likeness (QED) is 0.804. The molecule has 1 aromatic heterocycles. The lowest BCUT2D eigenvalue weighted by Crippen LogP contribution is -2.22. The van der Waals surface area contributed by atoms with E-state index in [1.807, 2.05) is 4.90 Å². The molecule has 0 saturated carbocycles. The monoisotopic (exact) mass is 416 g/mol. The second-order valence-corrected chi connectivity index (χ2v) is 8.07. The lowest BCUT2D eigenvalue weighted by Gasteiger charge is -2.19. The number of alkyl halides is 3. The van der Waals surface area contributed by atoms with Gasteiger partial charge >= 0.3 is 6.36 Å². The Balaban J connectivity index is 1.82. The van der Waals surface area contributed by atoms with Gasteiger partial charge in [-0.25, -0.2) is 18.4 Å². The molecule has 2 heterocycles. The molecule has 1 N–H and O–H groups in total. The minimum Gasteiger partial charge on any atom is -0.406 e. The third-order valence-electron chi connectivity index (χ3n) is 4.25. The average Bonchev–Trinajstić information content (AvgIpc) is 3.11. The minimum atomic E-state index is -4.85. The second-order valence-electron chi connectivity index (χ2n) is 6.39. The van der Waals surface area contributed by atoms with E-state index in [4.69, 9.17) is 0 Å². The predicted octanol–water partition coefficient (Wildman–Crippen LogP) is 3.39. The van der Waals surface area contributed by atoms with Gasteiger partial charge in [0.25, 0.3) is 10.0 Å². The van der Waals surface area contributed by atoms with Crippen molar-refractivity contribution in [3.63, 3.8) is 0 Å². The van der Waals surface area contributed by atoms with Crippen molar-refractivity contribution < 1.29 is 26.3 Å². The number of halogens is 3. The highest BCUT2D eigenvalue weighted by Gasteiger charge is 2.31. The van der Waals surface area contributed by atoms with Crippen LogP contribution in [-0.4, -0.2) is 37.8 Å². The molecule has 0 atom stereocenters. The van der Waals surface area contributed by atoms with Gasteiger partial charge in [-0.05, 0) is 51.0 Å². The van der Waals surface area contributed by atoms with E-state index in [1.165, 1.54) is 0 Å². The van der Waals surface area contributed by atoms with Crippen LogP contribution in [0.1, 0.15) is 24.2 Å². The number of benzene rings is 1. The first-order chi connectivity index (χ1) is 13.0. The maximum Gasteiger partial charge on any atom is 0.573 e. The SMILES string of the molecule is Cc1nc(N2CCCC2)nc(C)c1NS(=O)(=O)c1ccc(OC(F)(F)F)cc1. The van der Waals surface area contributed by atoms with E-state index < -0.39 is 22.1 Å². The maximum absolute atomic E-state index is 12.6. The normalized spacial score (nSPS) is 15.0. The molecule has 0 amide bonds. The van der Waals surface area contributed by atoms with Crippen LogP contribution in [0.2, 0.25) is 0 Å². The van der Waals surface area contributed by atoms with Crippen molar-refractivity contribution in [3.8, 4) is 5.75 Å². The van der Waals surface area contributed by atoms with Gasteiger partial charge in [-0.3, -0.25) is 4.72 Å². The van der Waals surface area contributed by atoms with Crippen molar-refractivity contribution in [2.24, 2.45) is 0 Å². The van der Waals surface area contributed by atoms with Crippen LogP contribution in [0.4, 0.5) is 24.8 Å². The van der Waals surface area contributed by atoms with Crippen LogP contribution in [0, 0.1) is 13.8 Å². The Kier molecular flexibility index (Phi) is 5.37. The third-order valence-corrected chi connectivity index (χ3v) is 5.62. The van der Waals surface area contributed by atoms with E-state index in [-0.39, 0.29) is 10.6 Å². The van der Waals surface area contributed by atoms with E-state index in [0.717, 1.165) is 50.2 Å². The lowest BCUT2D eigenvalue weighted by atomic mass is 10.3. The van der Waals surface area contributed by atoms with Crippen LogP contribution in [-0.2, 0) is 10.0 Å². The van der Waals surface area contributed by atoms with Gasteiger partial charge in [0, 0.05) is 13.1 Å². The first-order valence-corrected chi connectivity index (χ1v) is 10.0. The fourth-order valence-electron chi connectivity index (χ4n) is 2.92. The lowest BCUT2D eigenvalue weighted by molar-refractivity contribution is -0.274. The molecule has 28 heavy (non-hydrogen) atoms. The number of aromatic nitrogens is 2. The second kappa shape index (κ2) is 7.46. The largest absolute Gasteiger partial charge is 0.573 e. The molecule has 0 bridgehead atoms. The number of hydrogen-bond acceptors (Lipinski definition) is 6. The molecule has 152 valence electrons. The molecule has 1 aliphatic rings. The number of rotatable bonds is 5. The summed E-state index contributed by atoms with van der Waals surface area (Å²) in [6.07, 6.45) is -2.73. The van der Waals surface area contributed by atoms with Crippen molar-refractivity contribution in [2.45, 2.75) is 37.9 Å². The van der Waals surface area contributed by atoms with Crippen molar-refractivity contribution >= 4 is 21.7 Å². The summed E-state index contributed by atoms with van der Waals surface area (Å²) in [5, 5.41) is 0. The number of hydrogen-bond donors (Lipinski definition) is 1. The predicted molar refractivity (Wildman–Crippen MR) is 96.9 cm³/mol. The molecule has 11 heteroatoms. The molecule has 0 spiro atoms. The topological polar surface area (TPSA) is 84.4 Å². The Morgan fingerprint density at radius 3 is 2.07 bits per heavy atom. The molecule has 1 saturated heterocycles. The number of aryl methyl sites for hydroxylation is 2. The van der Waals surface area contributed by atoms with Crippen LogP contribution in [0.15, 0.2) is 29.2 Å². The van der Waals surface area contributed by atoms with Gasteiger partial charge in [-0.2, -0.15) is 0 Å². The highest BCUT2D eigenvalue weighted by atomic mass is 32.2. The zero-order valence-electron chi connectivity index (χ0n) is 15.2. The van der Waals surface area contributed by atoms with Crippen LogP contribution in [0.25, 0.3) is 0 Å². The Morgan fingerprint density at radius 2 is 1.57 bits per heavy atom. The molecule has 1 aliphatic heterocycles. The van der Waals surface area contributed by atoms with Crippen LogP contribution < -0.4 is 14.4 Å². The molecule has 1 fully saturated rings. The first kappa shape index (κ1) is 20.2. The highest BCUT2D eigenvalue weighted by Crippen LogP contribution is 2.27. The van der Waals surface area contributed by atoms with Crippen molar-refractivity contribution in [1.82, 2.24) is 9.97 Å². The van der Waals surface area contributed by atoms with Gasteiger partial charge in [0.2, 0.25) is 5.95 Å². The summed E-state index contributed by atoms with van der Waals surface area (Å²) < 4.78 is 68.1. The third kappa shape index (κ3) is 4.64. The van der Waals surface area contributed by atoms with Crippen molar-refractivity contribution in [2.75, 3.05) is 22.7 Å². The molecule has 0 unspecified atom stereocenters. The molecule has 0 aliphatic carbocycles. The summed E-state index contributed by atoms with van der Waals surface area (Å²) in [7, 11) is -4.03. The van der Waals surface area contributed by atoms with E-state index in [2.05, 4.69) is 19.4 Å². The van der Waals surface area contributed by atoms with Crippen molar-refractivity contribution in [3.05, 3.63) is 35.7 Å². The molecule has 0 radical (unpaired) electrons. The number of nitrogens with one attached hydrogen (secondary N) is 1. The fourth-order valence-corrected chi connectivity index (χ4v) is 4.10. The number of anilines is 2. The Morgan fingerprint density at radius 1 is 1.04 bits per heavy atom. The molecular weight excluding hydrogens is 397 g/mol. The zero-order chi connectivity index (χ0) is 20.5. The summed E-state index contributed by atoms with van der Waals surface area (Å²) in [6.45, 7) is 5.06. The smallest absolute Gasteiger partial charge is 0.406 e. The molecule has 2 aromatic rings. The van der Waals surface area contributed by atoms with Crippen LogP contribution in [0.5, 0.6) is 5.75 Å². The molecule has 3 rings (SSSR count). The molecule has 7 nitrogen and oxygen atoms in total. The Hall–Kier alpha value is -2.56. The number of sulfonamides is 1. The number of nitrogens with zero attached hydrogens (tertiary/aromatic N) is 3. The Labute approximate surface area is 160 Å². The standard InChI is InChI=1S/C17H19F3N4O3S/c1-11-15(12(2)22-16(21-11)24-9-3-4-10-24)23-28(25,26)14-7-5-13(6-8-14)27-17(18,19)20/h5-8,23H,3-4,9-10H2,1-2H3. The van der Waals surface area contributed by atoms with Crippen LogP contribution >= 0.6 is 0 Å². The van der Waals surface area contributed by atoms with Gasteiger partial charge < -0.3 is 9.64 Å². The minimum absolute atomic E-state index is 0.204. The number of ether oxygens (including phenoxy) is 1. The average molecular weight is 416 g/mol. The first-order valence-electron chi connectivity index (χ1n) is 8.54. The molecular formula is C17H19F3N4O3S. The van der Waals surface area contributed by atoms with E-state index in [0.29, 0.717) is 17.3 Å². The Bertz CT molecular complexity index is 934. The van der Waals surface area contributed by atoms with Gasteiger partial charge in [0.1, 0.15) is 5.75 Å². The van der Waals surface area contributed by atoms with Crippen molar-refractivity contribution in [1.29, 1.82) is 0 Å². The summed E-state index contributed by atoms with van der Waals surface area (Å²) in [5.74, 6) is 0.0567. The van der Waals surface area contributed by atoms with Gasteiger partial charge in [0.05, 0.1) is 22.0 Å². The van der Waals surface area contributed by atoms with E-state index >= 15 is 0 Å². The van der Waals surface area contributed by atoms with E-state index in [1.54, 1.807) is 13.8 Å². The summed E-state index contributed by atoms with van der Waals surface area (Å²) in [4.78, 5) is 10.6. The molecule has 1 aromatic carbocycles. The summed E-state index contributed by atoms with van der Waals surface area (Å²) in [6, 6.07) is 3.95. The van der Waals surface area contributed by atoms with Gasteiger partial charge in [0.15, 0.2) is 0 Å². The van der Waals surface area contributed by atoms with Gasteiger partial charge in [-0.1, -0.05) is 0 Å². The maximum atomic E-state index is 12.6. The summed E-state index contributed by atoms with van der Waals surface area (Å²) >= 11 is 0. The van der Waals surface area contributed by atoms with Gasteiger partial charge in [-0.15, -0.1) is 13.2 Å². The fraction of sp³-hybridized carbons (Fsp3) is 0.412. The zero-order valence-corrected chi connectivity index (χ0v) is 16.1.